The van der Waals surface area contributed by atoms with Crippen LogP contribution >= 0.6 is 11.8 Å². The fourth-order valence-corrected chi connectivity index (χ4v) is 2.41. The Hall–Kier alpha value is -1.36. The minimum atomic E-state index is -0.507. The summed E-state index contributed by atoms with van der Waals surface area (Å²) in [6.07, 6.45) is 2.56. The van der Waals surface area contributed by atoms with Crippen LogP contribution < -0.4 is 0 Å². The van der Waals surface area contributed by atoms with Crippen molar-refractivity contribution in [3.05, 3.63) is 23.5 Å². The first-order valence-corrected chi connectivity index (χ1v) is 8.22. The van der Waals surface area contributed by atoms with Crippen LogP contribution in [-0.2, 0) is 4.74 Å². The van der Waals surface area contributed by atoms with Gasteiger partial charge in [0.05, 0.1) is 5.56 Å². The van der Waals surface area contributed by atoms with Gasteiger partial charge in [0.25, 0.3) is 0 Å². The van der Waals surface area contributed by atoms with Crippen LogP contribution in [0.15, 0.2) is 17.2 Å². The number of esters is 1. The van der Waals surface area contributed by atoms with E-state index in [9.17, 15) is 9.59 Å². The molecule has 21 heavy (non-hydrogen) atoms. The molecule has 0 amide bonds. The molecule has 4 nitrogen and oxygen atoms in total. The number of nitrogens with zero attached hydrogens (tertiary/aromatic N) is 1. The number of Topliss-reactive ketones (excluding diaryl/α,β-unsaturated/α-hetero) is 1. The zero-order valence-electron chi connectivity index (χ0n) is 13.4. The summed E-state index contributed by atoms with van der Waals surface area (Å²) in [4.78, 5) is 29.0. The van der Waals surface area contributed by atoms with Crippen LogP contribution in [0.3, 0.4) is 0 Å². The van der Waals surface area contributed by atoms with Crippen molar-refractivity contribution in [1.82, 2.24) is 4.98 Å². The third-order valence-electron chi connectivity index (χ3n) is 3.19. The Morgan fingerprint density at radius 3 is 2.48 bits per heavy atom. The van der Waals surface area contributed by atoms with Crippen molar-refractivity contribution in [2.45, 2.75) is 58.0 Å². The van der Waals surface area contributed by atoms with E-state index in [0.29, 0.717) is 17.7 Å². The molecular formula is C16H23NO3S. The van der Waals surface area contributed by atoms with E-state index >= 15 is 0 Å². The fourth-order valence-electron chi connectivity index (χ4n) is 1.58. The van der Waals surface area contributed by atoms with Crippen molar-refractivity contribution in [2.75, 3.05) is 5.75 Å². The van der Waals surface area contributed by atoms with Gasteiger partial charge in [-0.05, 0) is 32.1 Å². The van der Waals surface area contributed by atoms with Crippen LogP contribution in [0.1, 0.15) is 68.3 Å². The lowest BCUT2D eigenvalue weighted by Crippen LogP contribution is -2.27. The fraction of sp³-hybridized carbons (Fsp3) is 0.562. The van der Waals surface area contributed by atoms with Gasteiger partial charge in [0, 0.05) is 17.5 Å². The highest BCUT2D eigenvalue weighted by Gasteiger charge is 2.23. The third-order valence-corrected chi connectivity index (χ3v) is 4.10. The van der Waals surface area contributed by atoms with Crippen molar-refractivity contribution >= 4 is 23.5 Å². The molecule has 0 aliphatic carbocycles. The first kappa shape index (κ1) is 17.7. The highest BCUT2D eigenvalue weighted by atomic mass is 32.2. The average molecular weight is 309 g/mol. The van der Waals surface area contributed by atoms with Crippen LogP contribution in [-0.4, -0.2) is 28.1 Å². The summed E-state index contributed by atoms with van der Waals surface area (Å²) in [6, 6.07) is 1.71. The standard InChI is InChI=1S/C16H23NO3S/c1-6-12(18)14-13(21-8-3)9-11(10-17-14)15(19)20-16(4,5)7-2/h9-10H,6-8H2,1-5H3. The van der Waals surface area contributed by atoms with Crippen LogP contribution in [0, 0.1) is 0 Å². The second-order valence-corrected chi connectivity index (χ2v) is 6.59. The van der Waals surface area contributed by atoms with Crippen molar-refractivity contribution in [1.29, 1.82) is 0 Å². The smallest absolute Gasteiger partial charge is 0.340 e. The number of ether oxygens (including phenoxy) is 1. The van der Waals surface area contributed by atoms with Gasteiger partial charge in [0.15, 0.2) is 5.78 Å². The second-order valence-electron chi connectivity index (χ2n) is 5.28. The van der Waals surface area contributed by atoms with Gasteiger partial charge < -0.3 is 4.74 Å². The quantitative estimate of drug-likeness (QED) is 0.430. The van der Waals surface area contributed by atoms with E-state index in [0.717, 1.165) is 17.1 Å². The Balaban J connectivity index is 3.07. The van der Waals surface area contributed by atoms with Gasteiger partial charge in [-0.2, -0.15) is 0 Å². The Morgan fingerprint density at radius 1 is 1.29 bits per heavy atom. The number of ketones is 1. The van der Waals surface area contributed by atoms with Gasteiger partial charge in [-0.25, -0.2) is 4.79 Å². The topological polar surface area (TPSA) is 56.3 Å². The lowest BCUT2D eigenvalue weighted by Gasteiger charge is -2.23. The summed E-state index contributed by atoms with van der Waals surface area (Å²) in [6.45, 7) is 9.50. The zero-order chi connectivity index (χ0) is 16.0. The predicted molar refractivity (Wildman–Crippen MR) is 85.0 cm³/mol. The minimum Gasteiger partial charge on any atom is -0.456 e. The molecule has 0 atom stereocenters. The Bertz CT molecular complexity index is 526. The summed E-state index contributed by atoms with van der Waals surface area (Å²) in [7, 11) is 0. The molecule has 1 rings (SSSR count). The monoisotopic (exact) mass is 309 g/mol. The number of hydrogen-bond acceptors (Lipinski definition) is 5. The van der Waals surface area contributed by atoms with Gasteiger partial charge in [-0.1, -0.05) is 20.8 Å². The van der Waals surface area contributed by atoms with E-state index in [1.165, 1.54) is 18.0 Å². The molecule has 5 heteroatoms. The second kappa shape index (κ2) is 7.59. The molecule has 0 radical (unpaired) electrons. The SMILES string of the molecule is CCSc1cc(C(=O)OC(C)(C)CC)cnc1C(=O)CC. The summed E-state index contributed by atoms with van der Waals surface area (Å²) < 4.78 is 5.46. The van der Waals surface area contributed by atoms with Gasteiger partial charge in [-0.3, -0.25) is 9.78 Å². The lowest BCUT2D eigenvalue weighted by atomic mass is 10.1. The number of aromatic nitrogens is 1. The maximum absolute atomic E-state index is 12.2. The van der Waals surface area contributed by atoms with E-state index in [1.54, 1.807) is 13.0 Å². The van der Waals surface area contributed by atoms with Crippen LogP contribution in [0.25, 0.3) is 0 Å². The van der Waals surface area contributed by atoms with Crippen LogP contribution in [0.5, 0.6) is 0 Å². The largest absolute Gasteiger partial charge is 0.456 e. The molecule has 1 aromatic heterocycles. The normalized spacial score (nSPS) is 11.3. The van der Waals surface area contributed by atoms with E-state index < -0.39 is 11.6 Å². The highest BCUT2D eigenvalue weighted by molar-refractivity contribution is 7.99. The first-order chi connectivity index (χ1) is 9.84. The molecule has 0 saturated carbocycles. The van der Waals surface area contributed by atoms with Crippen LogP contribution in [0.4, 0.5) is 0 Å². The molecule has 0 aliphatic rings. The maximum atomic E-state index is 12.2. The van der Waals surface area contributed by atoms with Crippen molar-refractivity contribution in [3.8, 4) is 0 Å². The molecule has 1 aromatic rings. The summed E-state index contributed by atoms with van der Waals surface area (Å²) in [5.41, 5.74) is 0.323. The van der Waals surface area contributed by atoms with Crippen molar-refractivity contribution in [2.24, 2.45) is 0 Å². The summed E-state index contributed by atoms with van der Waals surface area (Å²) in [5.74, 6) is 0.396. The molecule has 0 spiro atoms. The van der Waals surface area contributed by atoms with Gasteiger partial charge >= 0.3 is 5.97 Å². The molecule has 0 saturated heterocycles. The molecule has 0 bridgehead atoms. The van der Waals surface area contributed by atoms with Crippen molar-refractivity contribution in [3.63, 3.8) is 0 Å². The number of rotatable bonds is 7. The van der Waals surface area contributed by atoms with E-state index in [4.69, 9.17) is 4.74 Å². The average Bonchev–Trinajstić information content (AvgIpc) is 2.46. The lowest BCUT2D eigenvalue weighted by molar-refractivity contribution is -0.00252. The van der Waals surface area contributed by atoms with E-state index in [1.807, 2.05) is 27.7 Å². The van der Waals surface area contributed by atoms with Gasteiger partial charge in [0.2, 0.25) is 0 Å². The molecule has 116 valence electrons. The molecule has 0 aromatic carbocycles. The third kappa shape index (κ3) is 4.84. The summed E-state index contributed by atoms with van der Waals surface area (Å²) >= 11 is 1.51. The molecule has 0 aliphatic heterocycles. The number of carbonyl (C=O) groups excluding carboxylic acids is 2. The van der Waals surface area contributed by atoms with Crippen LogP contribution in [0.2, 0.25) is 0 Å². The zero-order valence-corrected chi connectivity index (χ0v) is 14.2. The summed E-state index contributed by atoms with van der Waals surface area (Å²) in [5, 5.41) is 0. The van der Waals surface area contributed by atoms with Crippen molar-refractivity contribution < 1.29 is 14.3 Å². The first-order valence-electron chi connectivity index (χ1n) is 7.24. The molecule has 0 fully saturated rings. The Kier molecular flexibility index (Phi) is 6.40. The van der Waals surface area contributed by atoms with E-state index in [-0.39, 0.29) is 5.78 Å². The number of hydrogen-bond donors (Lipinski definition) is 0. The molecular weight excluding hydrogens is 286 g/mol. The minimum absolute atomic E-state index is 0.0141. The number of thioether (sulfide) groups is 1. The maximum Gasteiger partial charge on any atom is 0.340 e. The van der Waals surface area contributed by atoms with Gasteiger partial charge in [-0.15, -0.1) is 11.8 Å². The Morgan fingerprint density at radius 2 is 1.95 bits per heavy atom. The number of pyridine rings is 1. The van der Waals surface area contributed by atoms with Gasteiger partial charge in [0.1, 0.15) is 11.3 Å². The molecule has 1 heterocycles. The molecule has 0 N–H and O–H groups in total. The predicted octanol–water partition coefficient (Wildman–Crippen LogP) is 4.13. The Labute approximate surface area is 130 Å². The molecule has 0 unspecified atom stereocenters. The van der Waals surface area contributed by atoms with E-state index in [2.05, 4.69) is 4.98 Å². The number of carbonyl (C=O) groups is 2. The highest BCUT2D eigenvalue weighted by Crippen LogP contribution is 2.25.